The molecule has 6 heteroatoms. The predicted octanol–water partition coefficient (Wildman–Crippen LogP) is -0.273. The van der Waals surface area contributed by atoms with Gasteiger partial charge in [-0.05, 0) is 0 Å². The maximum absolute atomic E-state index is 9.19. The van der Waals surface area contributed by atoms with Crippen molar-refractivity contribution in [3.8, 4) is 12.1 Å². The zero-order chi connectivity index (χ0) is 11.3. The van der Waals surface area contributed by atoms with E-state index in [1.165, 1.54) is 14.2 Å². The van der Waals surface area contributed by atoms with Crippen LogP contribution in [0.4, 0.5) is 0 Å². The Hall–Kier alpha value is -1.63. The van der Waals surface area contributed by atoms with Crippen molar-refractivity contribution < 1.29 is 9.47 Å². The number of rotatable bonds is 2. The molecule has 2 rings (SSSR count). The lowest BCUT2D eigenvalue weighted by Gasteiger charge is -2.27. The molecule has 15 heavy (non-hydrogen) atoms. The highest BCUT2D eigenvalue weighted by Crippen LogP contribution is 2.73. The molecule has 6 nitrogen and oxygen atoms in total. The number of nitrogens with zero attached hydrogens (tertiary/aromatic N) is 3. The molecule has 0 unspecified atom stereocenters. The summed E-state index contributed by atoms with van der Waals surface area (Å²) in [5.74, 6) is -1.31. The van der Waals surface area contributed by atoms with Crippen molar-refractivity contribution >= 4 is 5.84 Å². The minimum atomic E-state index is -1.43. The van der Waals surface area contributed by atoms with Gasteiger partial charge in [-0.3, -0.25) is 0 Å². The molecule has 1 heterocycles. The highest BCUT2D eigenvalue weighted by atomic mass is 16.7. The molecule has 0 aromatic heterocycles. The summed E-state index contributed by atoms with van der Waals surface area (Å²) in [6.07, 6.45) is 0.310. The SMILES string of the molecule is COC1(OC)N=C(N)[C@]2(C#N)C[C@]12C#N. The summed E-state index contributed by atoms with van der Waals surface area (Å²) in [5.41, 5.74) is 3.54. The number of fused-ring (bicyclic) bond motifs is 1. The zero-order valence-electron chi connectivity index (χ0n) is 8.44. The number of nitrogens with two attached hydrogens (primary N) is 1. The van der Waals surface area contributed by atoms with Crippen LogP contribution in [0, 0.1) is 33.5 Å². The van der Waals surface area contributed by atoms with Gasteiger partial charge in [0.25, 0.3) is 5.91 Å². The van der Waals surface area contributed by atoms with Gasteiger partial charge in [-0.25, -0.2) is 4.99 Å². The number of aliphatic imine (C=N–C) groups is 1. The minimum absolute atomic E-state index is 0.121. The average Bonchev–Trinajstić information content (AvgIpc) is 2.92. The van der Waals surface area contributed by atoms with Gasteiger partial charge in [0.05, 0.1) is 12.1 Å². The first-order valence-electron chi connectivity index (χ1n) is 4.36. The van der Waals surface area contributed by atoms with E-state index in [0.29, 0.717) is 6.42 Å². The summed E-state index contributed by atoms with van der Waals surface area (Å²) in [4.78, 5) is 3.98. The normalized spacial score (nSPS) is 39.9. The number of hydrogen-bond donors (Lipinski definition) is 1. The molecule has 2 N–H and O–H groups in total. The lowest BCUT2D eigenvalue weighted by molar-refractivity contribution is -0.229. The average molecular weight is 206 g/mol. The fraction of sp³-hybridized carbons (Fsp3) is 0.667. The molecular formula is C9H10N4O2. The van der Waals surface area contributed by atoms with Crippen molar-refractivity contribution in [3.63, 3.8) is 0 Å². The summed E-state index contributed by atoms with van der Waals surface area (Å²) in [5, 5.41) is 18.3. The molecule has 0 radical (unpaired) electrons. The Morgan fingerprint density at radius 3 is 2.27 bits per heavy atom. The Kier molecular flexibility index (Phi) is 1.64. The molecule has 0 aromatic carbocycles. The van der Waals surface area contributed by atoms with Crippen molar-refractivity contribution in [2.45, 2.75) is 12.3 Å². The Bertz CT molecular complexity index is 428. The van der Waals surface area contributed by atoms with Crippen LogP contribution in [0.25, 0.3) is 0 Å². The topological polar surface area (TPSA) is 104 Å². The van der Waals surface area contributed by atoms with Crippen LogP contribution in [-0.4, -0.2) is 26.0 Å². The van der Waals surface area contributed by atoms with Gasteiger partial charge in [0, 0.05) is 20.6 Å². The van der Waals surface area contributed by atoms with Crippen molar-refractivity contribution in [1.29, 1.82) is 10.5 Å². The van der Waals surface area contributed by atoms with E-state index in [2.05, 4.69) is 11.1 Å². The van der Waals surface area contributed by atoms with E-state index in [1.54, 1.807) is 0 Å². The van der Waals surface area contributed by atoms with Crippen LogP contribution in [0.3, 0.4) is 0 Å². The van der Waals surface area contributed by atoms with E-state index in [-0.39, 0.29) is 5.84 Å². The molecule has 2 aliphatic rings. The fourth-order valence-electron chi connectivity index (χ4n) is 2.31. The minimum Gasteiger partial charge on any atom is -0.386 e. The second-order valence-corrected chi connectivity index (χ2v) is 3.70. The summed E-state index contributed by atoms with van der Waals surface area (Å²) < 4.78 is 10.3. The molecule has 0 saturated heterocycles. The molecule has 0 spiro atoms. The molecule has 78 valence electrons. The number of nitriles is 2. The smallest absolute Gasteiger partial charge is 0.292 e. The number of hydrogen-bond acceptors (Lipinski definition) is 6. The van der Waals surface area contributed by atoms with Crippen molar-refractivity contribution in [2.75, 3.05) is 14.2 Å². The highest BCUT2D eigenvalue weighted by molar-refractivity contribution is 5.97. The monoisotopic (exact) mass is 206 g/mol. The van der Waals surface area contributed by atoms with E-state index < -0.39 is 16.7 Å². The number of amidine groups is 1. The maximum atomic E-state index is 9.19. The molecule has 0 bridgehead atoms. The summed E-state index contributed by atoms with van der Waals surface area (Å²) in [7, 11) is 2.76. The van der Waals surface area contributed by atoms with Crippen LogP contribution < -0.4 is 5.73 Å². The lowest BCUT2D eigenvalue weighted by atomic mass is 9.94. The van der Waals surface area contributed by atoms with Crippen LogP contribution in [0.1, 0.15) is 6.42 Å². The van der Waals surface area contributed by atoms with Gasteiger partial charge in [-0.15, -0.1) is 0 Å². The third kappa shape index (κ3) is 0.707. The fourth-order valence-corrected chi connectivity index (χ4v) is 2.31. The molecule has 0 aromatic rings. The molecule has 0 amide bonds. The Labute approximate surface area is 86.9 Å². The van der Waals surface area contributed by atoms with Crippen LogP contribution in [0.15, 0.2) is 4.99 Å². The number of ether oxygens (including phenoxy) is 2. The van der Waals surface area contributed by atoms with Crippen molar-refractivity contribution in [1.82, 2.24) is 0 Å². The molecule has 1 fully saturated rings. The maximum Gasteiger partial charge on any atom is 0.292 e. The van der Waals surface area contributed by atoms with Gasteiger partial charge in [-0.1, -0.05) is 0 Å². The summed E-state index contributed by atoms with van der Waals surface area (Å²) >= 11 is 0. The van der Waals surface area contributed by atoms with E-state index in [4.69, 9.17) is 20.5 Å². The highest BCUT2D eigenvalue weighted by Gasteiger charge is 2.86. The van der Waals surface area contributed by atoms with Crippen molar-refractivity contribution in [3.05, 3.63) is 0 Å². The van der Waals surface area contributed by atoms with E-state index >= 15 is 0 Å². The molecular weight excluding hydrogens is 196 g/mol. The summed E-state index contributed by atoms with van der Waals surface area (Å²) in [6, 6.07) is 4.10. The van der Waals surface area contributed by atoms with Gasteiger partial charge in [0.2, 0.25) is 0 Å². The van der Waals surface area contributed by atoms with Crippen molar-refractivity contribution in [2.24, 2.45) is 21.6 Å². The molecule has 1 saturated carbocycles. The molecule has 2 atom stereocenters. The van der Waals surface area contributed by atoms with E-state index in [9.17, 15) is 5.26 Å². The Morgan fingerprint density at radius 1 is 1.33 bits per heavy atom. The third-order valence-electron chi connectivity index (χ3n) is 3.31. The first-order valence-corrected chi connectivity index (χ1v) is 4.36. The molecule has 1 aliphatic heterocycles. The van der Waals surface area contributed by atoms with Gasteiger partial charge < -0.3 is 15.2 Å². The second-order valence-electron chi connectivity index (χ2n) is 3.70. The Balaban J connectivity index is 2.59. The van der Waals surface area contributed by atoms with Gasteiger partial charge in [-0.2, -0.15) is 10.5 Å². The van der Waals surface area contributed by atoms with Crippen LogP contribution >= 0.6 is 0 Å². The van der Waals surface area contributed by atoms with Crippen LogP contribution in [0.5, 0.6) is 0 Å². The first-order chi connectivity index (χ1) is 7.08. The lowest BCUT2D eigenvalue weighted by Crippen LogP contribution is -2.40. The molecule has 1 aliphatic carbocycles. The quantitative estimate of drug-likeness (QED) is 0.626. The predicted molar refractivity (Wildman–Crippen MR) is 49.1 cm³/mol. The van der Waals surface area contributed by atoms with Gasteiger partial charge in [0.15, 0.2) is 5.41 Å². The van der Waals surface area contributed by atoms with Crippen LogP contribution in [0.2, 0.25) is 0 Å². The number of methoxy groups -OCH3 is 2. The summed E-state index contributed by atoms with van der Waals surface area (Å²) in [6.45, 7) is 0. The van der Waals surface area contributed by atoms with Crippen LogP contribution in [-0.2, 0) is 9.47 Å². The zero-order valence-corrected chi connectivity index (χ0v) is 8.44. The Morgan fingerprint density at radius 2 is 1.93 bits per heavy atom. The second kappa shape index (κ2) is 2.48. The largest absolute Gasteiger partial charge is 0.386 e. The van der Waals surface area contributed by atoms with E-state index in [1.807, 2.05) is 6.07 Å². The van der Waals surface area contributed by atoms with Gasteiger partial charge >= 0.3 is 0 Å². The van der Waals surface area contributed by atoms with Gasteiger partial charge in [0.1, 0.15) is 11.3 Å². The third-order valence-corrected chi connectivity index (χ3v) is 3.31. The van der Waals surface area contributed by atoms with E-state index in [0.717, 1.165) is 0 Å². The first kappa shape index (κ1) is 9.91. The standard InChI is InChI=1S/C9H10N4O2/c1-14-9(15-2)8(5-11)3-7(8,4-10)6(12)13-9/h3H2,1-2H3,(H2,12,13)/t7-,8-/m1/s1.